The summed E-state index contributed by atoms with van der Waals surface area (Å²) in [5.74, 6) is 0.267. The van der Waals surface area contributed by atoms with Crippen LogP contribution in [0.1, 0.15) is 31.7 Å². The van der Waals surface area contributed by atoms with E-state index in [2.05, 4.69) is 5.10 Å². The highest BCUT2D eigenvalue weighted by Crippen LogP contribution is 2.04. The molecule has 0 spiro atoms. The number of nitrogens with two attached hydrogens (primary N) is 1. The summed E-state index contributed by atoms with van der Waals surface area (Å²) in [6.45, 7) is 1.96. The van der Waals surface area contributed by atoms with Crippen LogP contribution in [0.3, 0.4) is 0 Å². The lowest BCUT2D eigenvalue weighted by Gasteiger charge is -2.03. The van der Waals surface area contributed by atoms with Gasteiger partial charge in [-0.2, -0.15) is 5.10 Å². The van der Waals surface area contributed by atoms with Crippen molar-refractivity contribution < 1.29 is 4.79 Å². The van der Waals surface area contributed by atoms with Gasteiger partial charge in [0.15, 0.2) is 0 Å². The summed E-state index contributed by atoms with van der Waals surface area (Å²) >= 11 is 0. The number of ketones is 1. The molecule has 4 heteroatoms. The van der Waals surface area contributed by atoms with Crippen LogP contribution in [0.5, 0.6) is 0 Å². The number of aryl methyl sites for hydroxylation is 1. The third-order valence-electron chi connectivity index (χ3n) is 2.27. The lowest BCUT2D eigenvalue weighted by Crippen LogP contribution is -2.15. The predicted molar refractivity (Wildman–Crippen MR) is 59.4 cm³/mol. The Hall–Kier alpha value is -1.16. The first-order chi connectivity index (χ1) is 7.08. The van der Waals surface area contributed by atoms with Crippen LogP contribution < -0.4 is 5.73 Å². The highest BCUT2D eigenvalue weighted by Gasteiger charge is 2.05. The van der Waals surface area contributed by atoms with E-state index in [1.165, 1.54) is 0 Å². The van der Waals surface area contributed by atoms with Crippen molar-refractivity contribution in [3.63, 3.8) is 0 Å². The number of Topliss-reactive ketones (excluding diaryl/α,β-unsaturated/α-hetero) is 1. The van der Waals surface area contributed by atoms with Crippen LogP contribution in [0.4, 0.5) is 0 Å². The first-order valence-electron chi connectivity index (χ1n) is 5.32. The van der Waals surface area contributed by atoms with Gasteiger partial charge in [-0.1, -0.05) is 0 Å². The van der Waals surface area contributed by atoms with Gasteiger partial charge in [0.05, 0.1) is 6.20 Å². The van der Waals surface area contributed by atoms with Crippen molar-refractivity contribution in [3.05, 3.63) is 18.0 Å². The molecule has 1 rings (SSSR count). The van der Waals surface area contributed by atoms with E-state index in [0.29, 0.717) is 12.8 Å². The van der Waals surface area contributed by atoms with E-state index >= 15 is 0 Å². The zero-order valence-corrected chi connectivity index (χ0v) is 9.44. The van der Waals surface area contributed by atoms with Gasteiger partial charge in [-0.05, 0) is 25.3 Å². The lowest BCUT2D eigenvalue weighted by atomic mass is 10.1. The average Bonchev–Trinajstić information content (AvgIpc) is 2.50. The molecule has 0 saturated carbocycles. The number of nitrogens with zero attached hydrogens (tertiary/aromatic N) is 2. The molecule has 15 heavy (non-hydrogen) atoms. The highest BCUT2D eigenvalue weighted by molar-refractivity contribution is 5.80. The molecule has 0 aliphatic heterocycles. The zero-order valence-electron chi connectivity index (χ0n) is 9.44. The highest BCUT2D eigenvalue weighted by atomic mass is 16.1. The molecule has 0 saturated heterocycles. The standard InChI is InChI=1S/C11H19N3O/c1-9(12)4-3-5-11(15)6-10-7-13-14(2)8-10/h7-9H,3-6,12H2,1-2H3. The SMILES string of the molecule is CC(N)CCCC(=O)Cc1cnn(C)c1. The number of carbonyl (C=O) groups is 1. The number of hydrogen-bond donors (Lipinski definition) is 1. The van der Waals surface area contributed by atoms with Crippen molar-refractivity contribution in [3.8, 4) is 0 Å². The van der Waals surface area contributed by atoms with Crippen molar-refractivity contribution in [2.75, 3.05) is 0 Å². The van der Waals surface area contributed by atoms with Gasteiger partial charge < -0.3 is 5.73 Å². The fourth-order valence-corrected chi connectivity index (χ4v) is 1.50. The number of rotatable bonds is 6. The molecule has 1 aromatic rings. The molecule has 2 N–H and O–H groups in total. The fraction of sp³-hybridized carbons (Fsp3) is 0.636. The molecule has 4 nitrogen and oxygen atoms in total. The normalized spacial score (nSPS) is 12.7. The third-order valence-corrected chi connectivity index (χ3v) is 2.27. The van der Waals surface area contributed by atoms with Crippen LogP contribution in [-0.4, -0.2) is 21.6 Å². The molecule has 0 aromatic carbocycles. The summed E-state index contributed by atoms with van der Waals surface area (Å²) in [5, 5.41) is 4.02. The second-order valence-corrected chi connectivity index (χ2v) is 4.11. The average molecular weight is 209 g/mol. The second-order valence-electron chi connectivity index (χ2n) is 4.11. The summed E-state index contributed by atoms with van der Waals surface area (Å²) in [6, 6.07) is 0.191. The monoisotopic (exact) mass is 209 g/mol. The van der Waals surface area contributed by atoms with Crippen LogP contribution in [0.25, 0.3) is 0 Å². The topological polar surface area (TPSA) is 60.9 Å². The summed E-state index contributed by atoms with van der Waals surface area (Å²) < 4.78 is 1.71. The maximum atomic E-state index is 11.5. The van der Waals surface area contributed by atoms with Gasteiger partial charge >= 0.3 is 0 Å². The Morgan fingerprint density at radius 2 is 2.40 bits per heavy atom. The van der Waals surface area contributed by atoms with Crippen molar-refractivity contribution in [1.29, 1.82) is 0 Å². The summed E-state index contributed by atoms with van der Waals surface area (Å²) in [7, 11) is 1.85. The minimum absolute atomic E-state index is 0.191. The van der Waals surface area contributed by atoms with Crippen molar-refractivity contribution in [2.24, 2.45) is 12.8 Å². The Morgan fingerprint density at radius 3 is 2.93 bits per heavy atom. The van der Waals surface area contributed by atoms with Crippen LogP contribution in [0, 0.1) is 0 Å². The third kappa shape index (κ3) is 4.74. The first-order valence-corrected chi connectivity index (χ1v) is 5.32. The van der Waals surface area contributed by atoms with Crippen molar-refractivity contribution in [2.45, 2.75) is 38.6 Å². The van der Waals surface area contributed by atoms with Crippen LogP contribution >= 0.6 is 0 Å². The van der Waals surface area contributed by atoms with E-state index in [1.807, 2.05) is 20.2 Å². The largest absolute Gasteiger partial charge is 0.328 e. The number of aromatic nitrogens is 2. The van der Waals surface area contributed by atoms with Crippen LogP contribution in [0.15, 0.2) is 12.4 Å². The van der Waals surface area contributed by atoms with E-state index in [4.69, 9.17) is 5.73 Å². The molecule has 0 aliphatic carbocycles. The van der Waals surface area contributed by atoms with Gasteiger partial charge in [-0.25, -0.2) is 0 Å². The molecule has 0 bridgehead atoms. The smallest absolute Gasteiger partial charge is 0.137 e. The van der Waals surface area contributed by atoms with Gasteiger partial charge in [0.25, 0.3) is 0 Å². The van der Waals surface area contributed by atoms with Gasteiger partial charge in [-0.15, -0.1) is 0 Å². The fourth-order valence-electron chi connectivity index (χ4n) is 1.50. The maximum Gasteiger partial charge on any atom is 0.137 e. The van der Waals surface area contributed by atoms with E-state index in [0.717, 1.165) is 18.4 Å². The lowest BCUT2D eigenvalue weighted by molar-refractivity contribution is -0.118. The number of hydrogen-bond acceptors (Lipinski definition) is 3. The van der Waals surface area contributed by atoms with E-state index in [9.17, 15) is 4.79 Å². The van der Waals surface area contributed by atoms with E-state index in [-0.39, 0.29) is 11.8 Å². The Kier molecular flexibility index (Phi) is 4.49. The van der Waals surface area contributed by atoms with Crippen LogP contribution in [-0.2, 0) is 18.3 Å². The molecule has 0 aliphatic rings. The molecule has 0 radical (unpaired) electrons. The molecular formula is C11H19N3O. The van der Waals surface area contributed by atoms with E-state index in [1.54, 1.807) is 10.9 Å². The molecule has 1 heterocycles. The summed E-state index contributed by atoms with van der Waals surface area (Å²) in [6.07, 6.45) is 6.53. The molecule has 0 amide bonds. The molecular weight excluding hydrogens is 190 g/mol. The van der Waals surface area contributed by atoms with Gasteiger partial charge in [-0.3, -0.25) is 9.48 Å². The molecule has 84 valence electrons. The van der Waals surface area contributed by atoms with Crippen molar-refractivity contribution in [1.82, 2.24) is 9.78 Å². The summed E-state index contributed by atoms with van der Waals surface area (Å²) in [5.41, 5.74) is 6.60. The quantitative estimate of drug-likeness (QED) is 0.761. The Labute approximate surface area is 90.5 Å². The maximum absolute atomic E-state index is 11.5. The Bertz CT molecular complexity index is 317. The van der Waals surface area contributed by atoms with Gasteiger partial charge in [0.2, 0.25) is 0 Å². The molecule has 1 atom stereocenters. The molecule has 0 fully saturated rings. The first kappa shape index (κ1) is 11.9. The Morgan fingerprint density at radius 1 is 1.67 bits per heavy atom. The van der Waals surface area contributed by atoms with Crippen LogP contribution in [0.2, 0.25) is 0 Å². The predicted octanol–water partition coefficient (Wildman–Crippen LogP) is 1.05. The summed E-state index contributed by atoms with van der Waals surface area (Å²) in [4.78, 5) is 11.5. The second kappa shape index (κ2) is 5.66. The number of carbonyl (C=O) groups excluding carboxylic acids is 1. The van der Waals surface area contributed by atoms with E-state index < -0.39 is 0 Å². The zero-order chi connectivity index (χ0) is 11.3. The molecule has 1 aromatic heterocycles. The Balaban J connectivity index is 2.24. The minimum atomic E-state index is 0.191. The van der Waals surface area contributed by atoms with Crippen molar-refractivity contribution >= 4 is 5.78 Å². The van der Waals surface area contributed by atoms with Gasteiger partial charge in [0, 0.05) is 32.1 Å². The minimum Gasteiger partial charge on any atom is -0.328 e. The molecule has 1 unspecified atom stereocenters. The van der Waals surface area contributed by atoms with Gasteiger partial charge in [0.1, 0.15) is 5.78 Å².